The van der Waals surface area contributed by atoms with Crippen molar-refractivity contribution in [3.8, 4) is 5.75 Å². The zero-order valence-corrected chi connectivity index (χ0v) is 11.2. The number of sulfone groups is 1. The van der Waals surface area contributed by atoms with Crippen LogP contribution >= 0.6 is 0 Å². The summed E-state index contributed by atoms with van der Waals surface area (Å²) in [7, 11) is -3.10. The molecule has 0 unspecified atom stereocenters. The first-order valence-corrected chi connectivity index (χ1v) is 7.32. The molecule has 0 aromatic heterocycles. The van der Waals surface area contributed by atoms with E-state index in [0.717, 1.165) is 5.56 Å². The van der Waals surface area contributed by atoms with Gasteiger partial charge in [0.1, 0.15) is 5.75 Å². The molecular formula is C13H18O3S. The molecule has 0 amide bonds. The molecular weight excluding hydrogens is 236 g/mol. The minimum atomic E-state index is -3.10. The molecule has 94 valence electrons. The zero-order valence-electron chi connectivity index (χ0n) is 10.4. The molecule has 0 spiro atoms. The van der Waals surface area contributed by atoms with E-state index in [4.69, 9.17) is 4.74 Å². The van der Waals surface area contributed by atoms with Crippen molar-refractivity contribution < 1.29 is 13.2 Å². The van der Waals surface area contributed by atoms with Crippen LogP contribution in [0.5, 0.6) is 5.75 Å². The number of para-hydroxylation sites is 1. The van der Waals surface area contributed by atoms with E-state index in [-0.39, 0.29) is 11.9 Å². The van der Waals surface area contributed by atoms with Gasteiger partial charge in [-0.1, -0.05) is 25.1 Å². The highest BCUT2D eigenvalue weighted by Crippen LogP contribution is 2.21. The van der Waals surface area contributed by atoms with Crippen molar-refractivity contribution >= 4 is 15.9 Å². The summed E-state index contributed by atoms with van der Waals surface area (Å²) in [5, 5.41) is 1.23. The number of benzene rings is 1. The summed E-state index contributed by atoms with van der Waals surface area (Å²) >= 11 is 0. The minimum Gasteiger partial charge on any atom is -0.490 e. The van der Waals surface area contributed by atoms with Crippen molar-refractivity contribution in [3.05, 3.63) is 35.2 Å². The quantitative estimate of drug-likeness (QED) is 0.811. The third-order valence-corrected chi connectivity index (χ3v) is 3.49. The fourth-order valence-corrected chi connectivity index (χ4v) is 1.80. The minimum absolute atomic E-state index is 0.0623. The van der Waals surface area contributed by atoms with E-state index in [2.05, 4.69) is 0 Å². The van der Waals surface area contributed by atoms with E-state index in [1.54, 1.807) is 13.0 Å². The SMILES string of the molecule is CCS(=O)(=O)/C=C/c1ccccc1OC(C)C. The summed E-state index contributed by atoms with van der Waals surface area (Å²) in [5.74, 6) is 0.807. The van der Waals surface area contributed by atoms with E-state index < -0.39 is 9.84 Å². The van der Waals surface area contributed by atoms with Gasteiger partial charge >= 0.3 is 0 Å². The lowest BCUT2D eigenvalue weighted by Gasteiger charge is -2.11. The number of hydrogen-bond donors (Lipinski definition) is 0. The van der Waals surface area contributed by atoms with Crippen molar-refractivity contribution in [2.24, 2.45) is 0 Å². The molecule has 0 heterocycles. The second-order valence-electron chi connectivity index (χ2n) is 3.96. The Morgan fingerprint density at radius 3 is 2.53 bits per heavy atom. The van der Waals surface area contributed by atoms with Crippen LogP contribution in [0, 0.1) is 0 Å². The third-order valence-electron chi connectivity index (χ3n) is 2.14. The lowest BCUT2D eigenvalue weighted by Crippen LogP contribution is -2.06. The van der Waals surface area contributed by atoms with Gasteiger partial charge in [-0.25, -0.2) is 8.42 Å². The second kappa shape index (κ2) is 5.87. The van der Waals surface area contributed by atoms with Crippen molar-refractivity contribution in [3.63, 3.8) is 0 Å². The molecule has 0 aliphatic rings. The highest BCUT2D eigenvalue weighted by Gasteiger charge is 2.04. The van der Waals surface area contributed by atoms with E-state index in [0.29, 0.717) is 5.75 Å². The van der Waals surface area contributed by atoms with Crippen LogP contribution in [-0.4, -0.2) is 20.3 Å². The summed E-state index contributed by atoms with van der Waals surface area (Å²) in [5.41, 5.74) is 0.776. The van der Waals surface area contributed by atoms with Crippen molar-refractivity contribution in [2.45, 2.75) is 26.9 Å². The number of hydrogen-bond acceptors (Lipinski definition) is 3. The Labute approximate surface area is 103 Å². The van der Waals surface area contributed by atoms with E-state index >= 15 is 0 Å². The molecule has 0 aliphatic heterocycles. The molecule has 17 heavy (non-hydrogen) atoms. The average molecular weight is 254 g/mol. The van der Waals surface area contributed by atoms with Crippen LogP contribution in [0.3, 0.4) is 0 Å². The van der Waals surface area contributed by atoms with Crippen LogP contribution in [0.2, 0.25) is 0 Å². The smallest absolute Gasteiger partial charge is 0.171 e. The molecule has 0 fully saturated rings. The summed E-state index contributed by atoms with van der Waals surface area (Å²) in [6.45, 7) is 5.49. The maximum Gasteiger partial charge on any atom is 0.171 e. The number of ether oxygens (including phenoxy) is 1. The van der Waals surface area contributed by atoms with E-state index in [1.807, 2.05) is 38.1 Å². The normalized spacial score (nSPS) is 12.2. The molecule has 4 heteroatoms. The molecule has 0 N–H and O–H groups in total. The van der Waals surface area contributed by atoms with Crippen molar-refractivity contribution in [1.29, 1.82) is 0 Å². The van der Waals surface area contributed by atoms with Crippen molar-refractivity contribution in [2.75, 3.05) is 5.75 Å². The molecule has 1 aromatic rings. The predicted molar refractivity (Wildman–Crippen MR) is 70.7 cm³/mol. The Bertz CT molecular complexity index is 487. The fourth-order valence-electron chi connectivity index (χ4n) is 1.25. The Morgan fingerprint density at radius 1 is 1.29 bits per heavy atom. The van der Waals surface area contributed by atoms with Gasteiger partial charge in [0.2, 0.25) is 0 Å². The summed E-state index contributed by atoms with van der Waals surface area (Å²) in [4.78, 5) is 0. The third kappa shape index (κ3) is 4.61. The first-order valence-electron chi connectivity index (χ1n) is 5.61. The van der Waals surface area contributed by atoms with Crippen LogP contribution in [-0.2, 0) is 9.84 Å². The Morgan fingerprint density at radius 2 is 1.94 bits per heavy atom. The van der Waals surface area contributed by atoms with Crippen LogP contribution in [0.25, 0.3) is 6.08 Å². The zero-order chi connectivity index (χ0) is 12.9. The topological polar surface area (TPSA) is 43.4 Å². The van der Waals surface area contributed by atoms with Gasteiger partial charge < -0.3 is 4.74 Å². The van der Waals surface area contributed by atoms with Gasteiger partial charge in [-0.05, 0) is 26.0 Å². The second-order valence-corrected chi connectivity index (χ2v) is 6.13. The van der Waals surface area contributed by atoms with E-state index in [9.17, 15) is 8.42 Å². The van der Waals surface area contributed by atoms with Gasteiger partial charge in [0.05, 0.1) is 11.9 Å². The molecule has 3 nitrogen and oxygen atoms in total. The van der Waals surface area contributed by atoms with Gasteiger partial charge in [-0.3, -0.25) is 0 Å². The van der Waals surface area contributed by atoms with Crippen LogP contribution in [0.4, 0.5) is 0 Å². The highest BCUT2D eigenvalue weighted by atomic mass is 32.2. The van der Waals surface area contributed by atoms with Crippen molar-refractivity contribution in [1.82, 2.24) is 0 Å². The summed E-state index contributed by atoms with van der Waals surface area (Å²) in [6.07, 6.45) is 1.64. The van der Waals surface area contributed by atoms with Crippen LogP contribution in [0.1, 0.15) is 26.3 Å². The van der Waals surface area contributed by atoms with Gasteiger partial charge in [0, 0.05) is 11.0 Å². The lowest BCUT2D eigenvalue weighted by atomic mass is 10.2. The van der Waals surface area contributed by atoms with Crippen LogP contribution < -0.4 is 4.74 Å². The fraction of sp³-hybridized carbons (Fsp3) is 0.385. The Kier molecular flexibility index (Phi) is 4.75. The van der Waals surface area contributed by atoms with Gasteiger partial charge in [0.25, 0.3) is 0 Å². The molecule has 0 aliphatic carbocycles. The van der Waals surface area contributed by atoms with Gasteiger partial charge in [-0.2, -0.15) is 0 Å². The summed E-state index contributed by atoms with van der Waals surface area (Å²) in [6, 6.07) is 7.38. The highest BCUT2D eigenvalue weighted by molar-refractivity contribution is 7.94. The molecule has 1 aromatic carbocycles. The molecule has 0 saturated carbocycles. The molecule has 1 rings (SSSR count). The monoisotopic (exact) mass is 254 g/mol. The first kappa shape index (κ1) is 13.8. The maximum atomic E-state index is 11.4. The maximum absolute atomic E-state index is 11.4. The lowest BCUT2D eigenvalue weighted by molar-refractivity contribution is 0.242. The predicted octanol–water partition coefficient (Wildman–Crippen LogP) is 2.88. The van der Waals surface area contributed by atoms with Crippen LogP contribution in [0.15, 0.2) is 29.7 Å². The van der Waals surface area contributed by atoms with Gasteiger partial charge in [0.15, 0.2) is 9.84 Å². The largest absolute Gasteiger partial charge is 0.490 e. The average Bonchev–Trinajstić information content (AvgIpc) is 2.27. The molecule has 0 radical (unpaired) electrons. The molecule has 0 saturated heterocycles. The molecule has 0 bridgehead atoms. The standard InChI is InChI=1S/C13H18O3S/c1-4-17(14,15)10-9-12-7-5-6-8-13(12)16-11(2)3/h5-11H,4H2,1-3H3/b10-9+. The number of rotatable bonds is 5. The Balaban J connectivity index is 2.99. The van der Waals surface area contributed by atoms with Gasteiger partial charge in [-0.15, -0.1) is 0 Å². The first-order chi connectivity index (χ1) is 7.94. The summed E-state index contributed by atoms with van der Waals surface area (Å²) < 4.78 is 28.4. The molecule has 0 atom stereocenters. The van der Waals surface area contributed by atoms with E-state index in [1.165, 1.54) is 5.41 Å². The Hall–Kier alpha value is -1.29.